The lowest BCUT2D eigenvalue weighted by Gasteiger charge is -2.17. The third kappa shape index (κ3) is 3.64. The van der Waals surface area contributed by atoms with Gasteiger partial charge in [0.1, 0.15) is 5.75 Å². The molecular formula is C17H22N2O4. The summed E-state index contributed by atoms with van der Waals surface area (Å²) in [6, 6.07) is 7.30. The Kier molecular flexibility index (Phi) is 4.81. The molecule has 0 saturated carbocycles. The fraction of sp³-hybridized carbons (Fsp3) is 0.529. The van der Waals surface area contributed by atoms with Crippen molar-refractivity contribution in [1.82, 2.24) is 5.32 Å². The van der Waals surface area contributed by atoms with Crippen molar-refractivity contribution in [3.05, 3.63) is 24.3 Å². The van der Waals surface area contributed by atoms with Crippen molar-refractivity contribution in [2.75, 3.05) is 31.7 Å². The second-order valence-corrected chi connectivity index (χ2v) is 5.98. The van der Waals surface area contributed by atoms with Crippen LogP contribution in [0.1, 0.15) is 19.3 Å². The molecule has 2 aliphatic rings. The zero-order chi connectivity index (χ0) is 16.2. The molecule has 0 unspecified atom stereocenters. The number of anilines is 1. The molecule has 2 fully saturated rings. The Bertz CT molecular complexity index is 566. The van der Waals surface area contributed by atoms with Crippen LogP contribution in [0.5, 0.6) is 5.75 Å². The quantitative estimate of drug-likeness (QED) is 0.890. The van der Waals surface area contributed by atoms with Crippen LogP contribution < -0.4 is 15.0 Å². The van der Waals surface area contributed by atoms with Crippen LogP contribution in [0.4, 0.5) is 5.69 Å². The maximum absolute atomic E-state index is 12.3. The van der Waals surface area contributed by atoms with Crippen molar-refractivity contribution >= 4 is 17.5 Å². The highest BCUT2D eigenvalue weighted by Crippen LogP contribution is 2.27. The number of hydrogen-bond acceptors (Lipinski definition) is 4. The van der Waals surface area contributed by atoms with Gasteiger partial charge in [-0.2, -0.15) is 0 Å². The Hall–Kier alpha value is -2.08. The standard InChI is InChI=1S/C17H22N2O4/c1-22-14-6-4-13(5-7-14)19-11-12(9-16(19)20)17(21)18-10-15-3-2-8-23-15/h4-7,12,15H,2-3,8-11H2,1H3,(H,18,21)/t12-,15+/m0/s1. The highest BCUT2D eigenvalue weighted by Gasteiger charge is 2.35. The Labute approximate surface area is 135 Å². The topological polar surface area (TPSA) is 67.9 Å². The lowest BCUT2D eigenvalue weighted by atomic mass is 10.1. The van der Waals surface area contributed by atoms with Gasteiger partial charge in [0, 0.05) is 31.8 Å². The summed E-state index contributed by atoms with van der Waals surface area (Å²) in [6.07, 6.45) is 2.41. The highest BCUT2D eigenvalue weighted by atomic mass is 16.5. The zero-order valence-electron chi connectivity index (χ0n) is 13.3. The van der Waals surface area contributed by atoms with E-state index < -0.39 is 0 Å². The summed E-state index contributed by atoms with van der Waals surface area (Å²) in [7, 11) is 1.60. The van der Waals surface area contributed by atoms with Crippen molar-refractivity contribution in [2.24, 2.45) is 5.92 Å². The molecule has 6 nitrogen and oxygen atoms in total. The van der Waals surface area contributed by atoms with Crippen LogP contribution in [-0.2, 0) is 14.3 Å². The van der Waals surface area contributed by atoms with Crippen LogP contribution in [0, 0.1) is 5.92 Å². The predicted molar refractivity (Wildman–Crippen MR) is 85.4 cm³/mol. The molecule has 1 aromatic rings. The fourth-order valence-electron chi connectivity index (χ4n) is 3.06. The molecule has 0 aromatic heterocycles. The molecule has 1 aromatic carbocycles. The van der Waals surface area contributed by atoms with Crippen molar-refractivity contribution in [3.63, 3.8) is 0 Å². The van der Waals surface area contributed by atoms with Crippen LogP contribution in [0.3, 0.4) is 0 Å². The largest absolute Gasteiger partial charge is 0.497 e. The molecule has 23 heavy (non-hydrogen) atoms. The van der Waals surface area contributed by atoms with Crippen molar-refractivity contribution in [1.29, 1.82) is 0 Å². The van der Waals surface area contributed by atoms with E-state index in [4.69, 9.17) is 9.47 Å². The van der Waals surface area contributed by atoms with Crippen LogP contribution in [-0.4, -0.2) is 44.7 Å². The maximum atomic E-state index is 12.3. The van der Waals surface area contributed by atoms with Crippen molar-refractivity contribution in [2.45, 2.75) is 25.4 Å². The van der Waals surface area contributed by atoms with Gasteiger partial charge in [-0.15, -0.1) is 0 Å². The number of amides is 2. The monoisotopic (exact) mass is 318 g/mol. The van der Waals surface area contributed by atoms with Crippen LogP contribution in [0.2, 0.25) is 0 Å². The van der Waals surface area contributed by atoms with Gasteiger partial charge in [0.2, 0.25) is 11.8 Å². The lowest BCUT2D eigenvalue weighted by molar-refractivity contribution is -0.126. The molecule has 0 radical (unpaired) electrons. The summed E-state index contributed by atoms with van der Waals surface area (Å²) in [4.78, 5) is 26.1. The lowest BCUT2D eigenvalue weighted by Crippen LogP contribution is -2.37. The Balaban J connectivity index is 1.56. The maximum Gasteiger partial charge on any atom is 0.227 e. The van der Waals surface area contributed by atoms with Crippen LogP contribution in [0.15, 0.2) is 24.3 Å². The minimum atomic E-state index is -0.300. The van der Waals surface area contributed by atoms with Gasteiger partial charge in [-0.1, -0.05) is 0 Å². The molecule has 124 valence electrons. The number of rotatable bonds is 5. The number of nitrogens with zero attached hydrogens (tertiary/aromatic N) is 1. The highest BCUT2D eigenvalue weighted by molar-refractivity contribution is 6.00. The first-order valence-electron chi connectivity index (χ1n) is 8.01. The van der Waals surface area contributed by atoms with Gasteiger partial charge in [-0.05, 0) is 37.1 Å². The second kappa shape index (κ2) is 7.00. The fourth-order valence-corrected chi connectivity index (χ4v) is 3.06. The summed E-state index contributed by atoms with van der Waals surface area (Å²) in [5.74, 6) is 0.356. The van der Waals surface area contributed by atoms with E-state index in [0.29, 0.717) is 13.1 Å². The molecule has 0 spiro atoms. The molecule has 2 amide bonds. The normalized spacial score (nSPS) is 24.0. The zero-order valence-corrected chi connectivity index (χ0v) is 13.3. The van der Waals surface area contributed by atoms with E-state index in [9.17, 15) is 9.59 Å². The number of ether oxygens (including phenoxy) is 2. The molecular weight excluding hydrogens is 296 g/mol. The van der Waals surface area contributed by atoms with Gasteiger partial charge in [0.05, 0.1) is 19.1 Å². The smallest absolute Gasteiger partial charge is 0.227 e. The van der Waals surface area contributed by atoms with Crippen molar-refractivity contribution in [3.8, 4) is 5.75 Å². The third-order valence-corrected chi connectivity index (χ3v) is 4.41. The first-order valence-corrected chi connectivity index (χ1v) is 8.01. The minimum absolute atomic E-state index is 0.0209. The number of methoxy groups -OCH3 is 1. The molecule has 6 heteroatoms. The van der Waals surface area contributed by atoms with Gasteiger partial charge in [-0.25, -0.2) is 0 Å². The molecule has 2 saturated heterocycles. The van der Waals surface area contributed by atoms with Gasteiger partial charge < -0.3 is 19.7 Å². The van der Waals surface area contributed by atoms with E-state index >= 15 is 0 Å². The van der Waals surface area contributed by atoms with E-state index in [0.717, 1.165) is 30.9 Å². The third-order valence-electron chi connectivity index (χ3n) is 4.41. The Morgan fingerprint density at radius 2 is 2.17 bits per heavy atom. The first-order chi connectivity index (χ1) is 11.2. The molecule has 2 heterocycles. The molecule has 0 aliphatic carbocycles. The SMILES string of the molecule is COc1ccc(N2C[C@@H](C(=O)NC[C@H]3CCCO3)CC2=O)cc1. The Morgan fingerprint density at radius 3 is 2.83 bits per heavy atom. The van der Waals surface area contributed by atoms with Crippen molar-refractivity contribution < 1.29 is 19.1 Å². The number of nitrogens with one attached hydrogen (secondary N) is 1. The van der Waals surface area contributed by atoms with Gasteiger partial charge in [0.15, 0.2) is 0 Å². The molecule has 2 aliphatic heterocycles. The van der Waals surface area contributed by atoms with E-state index in [1.165, 1.54) is 0 Å². The Morgan fingerprint density at radius 1 is 1.39 bits per heavy atom. The van der Waals surface area contributed by atoms with E-state index in [1.54, 1.807) is 12.0 Å². The summed E-state index contributed by atoms with van der Waals surface area (Å²) < 4.78 is 10.6. The second-order valence-electron chi connectivity index (χ2n) is 5.98. The van der Waals surface area contributed by atoms with Crippen LogP contribution >= 0.6 is 0 Å². The number of hydrogen-bond donors (Lipinski definition) is 1. The average molecular weight is 318 g/mol. The number of carbonyl (C=O) groups is 2. The van der Waals surface area contributed by atoms with E-state index in [2.05, 4.69) is 5.32 Å². The molecule has 3 rings (SSSR count). The van der Waals surface area contributed by atoms with Gasteiger partial charge in [-0.3, -0.25) is 9.59 Å². The van der Waals surface area contributed by atoms with E-state index in [1.807, 2.05) is 24.3 Å². The van der Waals surface area contributed by atoms with E-state index in [-0.39, 0.29) is 30.3 Å². The van der Waals surface area contributed by atoms with Crippen LogP contribution in [0.25, 0.3) is 0 Å². The summed E-state index contributed by atoms with van der Waals surface area (Å²) in [5, 5.41) is 2.91. The summed E-state index contributed by atoms with van der Waals surface area (Å²) in [5.41, 5.74) is 0.797. The molecule has 1 N–H and O–H groups in total. The van der Waals surface area contributed by atoms with Gasteiger partial charge >= 0.3 is 0 Å². The molecule has 0 bridgehead atoms. The summed E-state index contributed by atoms with van der Waals surface area (Å²) >= 11 is 0. The minimum Gasteiger partial charge on any atom is -0.497 e. The predicted octanol–water partition coefficient (Wildman–Crippen LogP) is 1.34. The summed E-state index contributed by atoms with van der Waals surface area (Å²) in [6.45, 7) is 1.72. The number of benzene rings is 1. The average Bonchev–Trinajstić information content (AvgIpc) is 3.22. The first kappa shape index (κ1) is 15.8. The van der Waals surface area contributed by atoms with Gasteiger partial charge in [0.25, 0.3) is 0 Å². The number of carbonyl (C=O) groups excluding carboxylic acids is 2. The molecule has 2 atom stereocenters.